The SMILES string of the molecule is CC1CCC(COC(=O)Cn2cc(N)ccc2=O)O1. The Morgan fingerprint density at radius 3 is 3.00 bits per heavy atom. The number of esters is 1. The van der Waals surface area contributed by atoms with Crippen LogP contribution in [0.2, 0.25) is 0 Å². The lowest BCUT2D eigenvalue weighted by Gasteiger charge is -2.12. The first kappa shape index (κ1) is 13.6. The van der Waals surface area contributed by atoms with Gasteiger partial charge in [0.2, 0.25) is 0 Å². The van der Waals surface area contributed by atoms with Gasteiger partial charge in [0.1, 0.15) is 13.2 Å². The van der Waals surface area contributed by atoms with Gasteiger partial charge in [0.15, 0.2) is 0 Å². The summed E-state index contributed by atoms with van der Waals surface area (Å²) >= 11 is 0. The van der Waals surface area contributed by atoms with Crippen LogP contribution in [0.4, 0.5) is 5.69 Å². The average molecular weight is 266 g/mol. The number of nitrogens with zero attached hydrogens (tertiary/aromatic N) is 1. The van der Waals surface area contributed by atoms with Crippen LogP contribution in [0.3, 0.4) is 0 Å². The molecule has 1 aromatic heterocycles. The maximum absolute atomic E-state index is 11.6. The average Bonchev–Trinajstić information content (AvgIpc) is 2.77. The van der Waals surface area contributed by atoms with E-state index in [1.54, 1.807) is 0 Å². The molecule has 0 radical (unpaired) electrons. The molecule has 6 nitrogen and oxygen atoms in total. The predicted octanol–water partition coefficient (Wildman–Crippen LogP) is 0.541. The number of nitrogen functional groups attached to an aromatic ring is 1. The van der Waals surface area contributed by atoms with E-state index < -0.39 is 5.97 Å². The van der Waals surface area contributed by atoms with Crippen LogP contribution in [-0.4, -0.2) is 29.4 Å². The van der Waals surface area contributed by atoms with Crippen LogP contribution in [0, 0.1) is 0 Å². The Balaban J connectivity index is 1.84. The lowest BCUT2D eigenvalue weighted by Crippen LogP contribution is -2.26. The molecule has 0 bridgehead atoms. The zero-order chi connectivity index (χ0) is 13.8. The normalized spacial score (nSPS) is 22.4. The molecular formula is C13H18N2O4. The fourth-order valence-corrected chi connectivity index (χ4v) is 2.05. The van der Waals surface area contributed by atoms with Gasteiger partial charge < -0.3 is 19.8 Å². The van der Waals surface area contributed by atoms with Crippen molar-refractivity contribution in [2.45, 2.75) is 38.5 Å². The van der Waals surface area contributed by atoms with Crippen molar-refractivity contribution in [1.29, 1.82) is 0 Å². The highest BCUT2D eigenvalue weighted by atomic mass is 16.6. The largest absolute Gasteiger partial charge is 0.462 e. The number of anilines is 1. The second kappa shape index (κ2) is 5.88. The van der Waals surface area contributed by atoms with E-state index >= 15 is 0 Å². The summed E-state index contributed by atoms with van der Waals surface area (Å²) in [7, 11) is 0. The van der Waals surface area contributed by atoms with Gasteiger partial charge >= 0.3 is 5.97 Å². The summed E-state index contributed by atoms with van der Waals surface area (Å²) < 4.78 is 11.9. The van der Waals surface area contributed by atoms with Gasteiger partial charge in [0.25, 0.3) is 5.56 Å². The van der Waals surface area contributed by atoms with E-state index in [9.17, 15) is 9.59 Å². The summed E-state index contributed by atoms with van der Waals surface area (Å²) in [5.74, 6) is -0.462. The number of hydrogen-bond donors (Lipinski definition) is 1. The van der Waals surface area contributed by atoms with Crippen molar-refractivity contribution in [1.82, 2.24) is 4.57 Å². The van der Waals surface area contributed by atoms with E-state index in [0.29, 0.717) is 5.69 Å². The van der Waals surface area contributed by atoms with Crippen molar-refractivity contribution in [2.75, 3.05) is 12.3 Å². The topological polar surface area (TPSA) is 83.5 Å². The molecule has 0 aromatic carbocycles. The number of ether oxygens (including phenoxy) is 2. The van der Waals surface area contributed by atoms with Gasteiger partial charge in [-0.15, -0.1) is 0 Å². The number of nitrogens with two attached hydrogens (primary N) is 1. The third-order valence-corrected chi connectivity index (χ3v) is 3.06. The molecule has 0 spiro atoms. The van der Waals surface area contributed by atoms with Crippen molar-refractivity contribution < 1.29 is 14.3 Å². The van der Waals surface area contributed by atoms with Crippen molar-refractivity contribution in [2.24, 2.45) is 0 Å². The third kappa shape index (κ3) is 3.82. The second-order valence-electron chi connectivity index (χ2n) is 4.76. The quantitative estimate of drug-likeness (QED) is 0.804. The Kier molecular flexibility index (Phi) is 4.21. The Labute approximate surface area is 111 Å². The van der Waals surface area contributed by atoms with Crippen LogP contribution >= 0.6 is 0 Å². The molecule has 2 unspecified atom stereocenters. The van der Waals surface area contributed by atoms with Crippen molar-refractivity contribution in [3.63, 3.8) is 0 Å². The van der Waals surface area contributed by atoms with E-state index in [0.717, 1.165) is 12.8 Å². The first-order chi connectivity index (χ1) is 9.04. The Morgan fingerprint density at radius 2 is 2.32 bits per heavy atom. The minimum Gasteiger partial charge on any atom is -0.462 e. The van der Waals surface area contributed by atoms with E-state index in [1.165, 1.54) is 22.9 Å². The highest BCUT2D eigenvalue weighted by Gasteiger charge is 2.23. The van der Waals surface area contributed by atoms with Crippen molar-refractivity contribution in [3.05, 3.63) is 28.7 Å². The molecule has 1 fully saturated rings. The van der Waals surface area contributed by atoms with Crippen LogP contribution in [0.25, 0.3) is 0 Å². The van der Waals surface area contributed by atoms with Gasteiger partial charge in [-0.2, -0.15) is 0 Å². The van der Waals surface area contributed by atoms with E-state index in [2.05, 4.69) is 0 Å². The first-order valence-corrected chi connectivity index (χ1v) is 6.31. The summed E-state index contributed by atoms with van der Waals surface area (Å²) in [6.45, 7) is 2.10. The van der Waals surface area contributed by atoms with Crippen molar-refractivity contribution >= 4 is 11.7 Å². The minimum atomic E-state index is -0.462. The highest BCUT2D eigenvalue weighted by molar-refractivity contribution is 5.69. The number of pyridine rings is 1. The summed E-state index contributed by atoms with van der Waals surface area (Å²) in [6, 6.07) is 2.82. The maximum Gasteiger partial charge on any atom is 0.326 e. The molecule has 2 N–H and O–H groups in total. The zero-order valence-electron chi connectivity index (χ0n) is 10.9. The fourth-order valence-electron chi connectivity index (χ4n) is 2.05. The fraction of sp³-hybridized carbons (Fsp3) is 0.538. The van der Waals surface area contributed by atoms with Crippen LogP contribution in [0.15, 0.2) is 23.1 Å². The maximum atomic E-state index is 11.6. The third-order valence-electron chi connectivity index (χ3n) is 3.06. The summed E-state index contributed by atoms with van der Waals surface area (Å²) in [5, 5.41) is 0. The van der Waals surface area contributed by atoms with Gasteiger partial charge in [-0.25, -0.2) is 0 Å². The van der Waals surface area contributed by atoms with Crippen LogP contribution in [-0.2, 0) is 20.8 Å². The van der Waals surface area contributed by atoms with Crippen LogP contribution in [0.5, 0.6) is 0 Å². The second-order valence-corrected chi connectivity index (χ2v) is 4.76. The molecule has 1 aromatic rings. The predicted molar refractivity (Wildman–Crippen MR) is 69.6 cm³/mol. The highest BCUT2D eigenvalue weighted by Crippen LogP contribution is 2.19. The monoisotopic (exact) mass is 266 g/mol. The lowest BCUT2D eigenvalue weighted by atomic mass is 10.2. The van der Waals surface area contributed by atoms with E-state index in [4.69, 9.17) is 15.2 Å². The van der Waals surface area contributed by atoms with Crippen LogP contribution < -0.4 is 11.3 Å². The smallest absolute Gasteiger partial charge is 0.326 e. The number of carbonyl (C=O) groups is 1. The molecule has 0 amide bonds. The lowest BCUT2D eigenvalue weighted by molar-refractivity contribution is -0.148. The van der Waals surface area contributed by atoms with Crippen LogP contribution in [0.1, 0.15) is 19.8 Å². The molecule has 1 aliphatic heterocycles. The van der Waals surface area contributed by atoms with E-state index in [-0.39, 0.29) is 30.9 Å². The van der Waals surface area contributed by atoms with Gasteiger partial charge in [0.05, 0.1) is 12.2 Å². The number of hydrogen-bond acceptors (Lipinski definition) is 5. The van der Waals surface area contributed by atoms with E-state index in [1.807, 2.05) is 6.92 Å². The molecule has 2 heterocycles. The molecule has 2 atom stereocenters. The summed E-state index contributed by atoms with van der Waals surface area (Å²) in [5.41, 5.74) is 5.71. The molecule has 19 heavy (non-hydrogen) atoms. The molecule has 104 valence electrons. The van der Waals surface area contributed by atoms with Gasteiger partial charge in [0, 0.05) is 18.0 Å². The van der Waals surface area contributed by atoms with Gasteiger partial charge in [-0.1, -0.05) is 0 Å². The van der Waals surface area contributed by atoms with Gasteiger partial charge in [-0.3, -0.25) is 9.59 Å². The Bertz CT molecular complexity index is 512. The first-order valence-electron chi connectivity index (χ1n) is 6.31. The molecule has 1 saturated heterocycles. The minimum absolute atomic E-state index is 0.0310. The van der Waals surface area contributed by atoms with Crippen molar-refractivity contribution in [3.8, 4) is 0 Å². The molecule has 0 aliphatic carbocycles. The molecule has 6 heteroatoms. The summed E-state index contributed by atoms with van der Waals surface area (Å²) in [6.07, 6.45) is 3.50. The molecule has 1 aliphatic rings. The number of aromatic nitrogens is 1. The molecular weight excluding hydrogens is 248 g/mol. The van der Waals surface area contributed by atoms with Gasteiger partial charge in [-0.05, 0) is 25.8 Å². The Morgan fingerprint density at radius 1 is 1.53 bits per heavy atom. The number of carbonyl (C=O) groups excluding carboxylic acids is 1. The molecule has 2 rings (SSSR count). The molecule has 0 saturated carbocycles. The zero-order valence-corrected chi connectivity index (χ0v) is 10.9. The number of rotatable bonds is 4. The Hall–Kier alpha value is -1.82. The summed E-state index contributed by atoms with van der Waals surface area (Å²) in [4.78, 5) is 23.1. The standard InChI is InChI=1S/C13H18N2O4/c1-9-2-4-11(19-9)8-18-13(17)7-15-6-10(14)3-5-12(15)16/h3,5-6,9,11H,2,4,7-8,14H2,1H3.